The van der Waals surface area contributed by atoms with Crippen LogP contribution in [0.4, 0.5) is 13.2 Å². The van der Waals surface area contributed by atoms with Gasteiger partial charge in [0.05, 0.1) is 12.6 Å². The zero-order chi connectivity index (χ0) is 12.2. The minimum absolute atomic E-state index is 0.345. The third kappa shape index (κ3) is 4.70. The molecule has 2 nitrogen and oxygen atoms in total. The van der Waals surface area contributed by atoms with Gasteiger partial charge in [0.15, 0.2) is 0 Å². The van der Waals surface area contributed by atoms with Gasteiger partial charge >= 0.3 is 6.18 Å². The molecule has 0 heterocycles. The Morgan fingerprint density at radius 1 is 1.12 bits per heavy atom. The minimum Gasteiger partial charge on any atom is -0.391 e. The van der Waals surface area contributed by atoms with Crippen LogP contribution in [0.3, 0.4) is 0 Å². The highest BCUT2D eigenvalue weighted by atomic mass is 19.4. The molecule has 0 saturated heterocycles. The van der Waals surface area contributed by atoms with Crippen molar-refractivity contribution in [2.24, 2.45) is 0 Å². The maximum absolute atomic E-state index is 12.2. The van der Waals surface area contributed by atoms with Crippen molar-refractivity contribution >= 4 is 0 Å². The number of likely N-dealkylation sites (N-methyl/N-ethyl adjacent to an activating group) is 1. The highest BCUT2D eigenvalue weighted by molar-refractivity contribution is 4.80. The Morgan fingerprint density at radius 2 is 1.69 bits per heavy atom. The van der Waals surface area contributed by atoms with E-state index in [1.807, 2.05) is 0 Å². The summed E-state index contributed by atoms with van der Waals surface area (Å²) in [6.45, 7) is -0.936. The van der Waals surface area contributed by atoms with E-state index in [1.165, 1.54) is 11.9 Å². The van der Waals surface area contributed by atoms with Gasteiger partial charge in [0.2, 0.25) is 0 Å². The summed E-state index contributed by atoms with van der Waals surface area (Å²) in [5, 5.41) is 9.83. The van der Waals surface area contributed by atoms with Gasteiger partial charge in [0, 0.05) is 6.04 Å². The molecule has 1 fully saturated rings. The van der Waals surface area contributed by atoms with E-state index in [-0.39, 0.29) is 6.04 Å². The Balaban J connectivity index is 2.52. The van der Waals surface area contributed by atoms with E-state index in [0.717, 1.165) is 25.7 Å². The van der Waals surface area contributed by atoms with Crippen LogP contribution in [0.25, 0.3) is 0 Å². The summed E-state index contributed by atoms with van der Waals surface area (Å²) in [6.07, 6.45) is 0.432. The molecule has 1 aliphatic carbocycles. The third-order valence-electron chi connectivity index (χ3n) is 3.19. The van der Waals surface area contributed by atoms with Crippen LogP contribution >= 0.6 is 0 Å². The van der Waals surface area contributed by atoms with E-state index < -0.39 is 18.8 Å². The maximum Gasteiger partial charge on any atom is 0.401 e. The number of nitrogens with zero attached hydrogens (tertiary/aromatic N) is 1. The van der Waals surface area contributed by atoms with Gasteiger partial charge in [-0.3, -0.25) is 4.90 Å². The second-order valence-corrected chi connectivity index (χ2v) is 4.66. The van der Waals surface area contributed by atoms with Crippen molar-refractivity contribution in [2.75, 3.05) is 13.6 Å². The minimum atomic E-state index is -4.18. The lowest BCUT2D eigenvalue weighted by molar-refractivity contribution is -0.152. The molecule has 1 aliphatic rings. The average Bonchev–Trinajstić information content (AvgIpc) is 2.08. The first-order valence-electron chi connectivity index (χ1n) is 5.85. The molecular formula is C11H20F3NO. The lowest BCUT2D eigenvalue weighted by Crippen LogP contribution is -2.45. The summed E-state index contributed by atoms with van der Waals surface area (Å²) >= 11 is 0. The van der Waals surface area contributed by atoms with Crippen LogP contribution in [0, 0.1) is 0 Å². The van der Waals surface area contributed by atoms with Crippen LogP contribution in [0.15, 0.2) is 0 Å². The van der Waals surface area contributed by atoms with E-state index in [0.29, 0.717) is 12.8 Å². The Labute approximate surface area is 94.4 Å². The van der Waals surface area contributed by atoms with Crippen LogP contribution < -0.4 is 0 Å². The number of halogens is 3. The molecule has 1 N–H and O–H groups in total. The average molecular weight is 239 g/mol. The second kappa shape index (κ2) is 5.87. The number of alkyl halides is 3. The summed E-state index contributed by atoms with van der Waals surface area (Å²) in [5.41, 5.74) is 0. The van der Waals surface area contributed by atoms with Gasteiger partial charge < -0.3 is 5.11 Å². The predicted octanol–water partition coefficient (Wildman–Crippen LogP) is 2.56. The van der Waals surface area contributed by atoms with Gasteiger partial charge in [0.25, 0.3) is 0 Å². The first-order valence-corrected chi connectivity index (χ1v) is 5.85. The number of rotatable bonds is 2. The normalized spacial score (nSPS) is 28.9. The number of hydrogen-bond donors (Lipinski definition) is 1. The highest BCUT2D eigenvalue weighted by Gasteiger charge is 2.34. The molecule has 16 heavy (non-hydrogen) atoms. The van der Waals surface area contributed by atoms with Crippen molar-refractivity contribution in [1.82, 2.24) is 4.90 Å². The predicted molar refractivity (Wildman–Crippen MR) is 56.2 cm³/mol. The molecule has 1 rings (SSSR count). The fraction of sp³-hybridized carbons (Fsp3) is 1.00. The Kier molecular flexibility index (Phi) is 5.05. The van der Waals surface area contributed by atoms with Gasteiger partial charge in [-0.2, -0.15) is 13.2 Å². The van der Waals surface area contributed by atoms with Crippen molar-refractivity contribution in [3.05, 3.63) is 0 Å². The first-order chi connectivity index (χ1) is 7.40. The van der Waals surface area contributed by atoms with E-state index in [2.05, 4.69) is 0 Å². The summed E-state index contributed by atoms with van der Waals surface area (Å²) in [6, 6.07) is -0.345. The van der Waals surface area contributed by atoms with Gasteiger partial charge in [0.1, 0.15) is 0 Å². The molecule has 0 aliphatic heterocycles. The molecule has 0 radical (unpaired) electrons. The third-order valence-corrected chi connectivity index (χ3v) is 3.19. The van der Waals surface area contributed by atoms with E-state index in [9.17, 15) is 18.3 Å². The van der Waals surface area contributed by atoms with Crippen molar-refractivity contribution in [3.63, 3.8) is 0 Å². The van der Waals surface area contributed by atoms with Gasteiger partial charge in [-0.1, -0.05) is 25.7 Å². The molecule has 2 atom stereocenters. The van der Waals surface area contributed by atoms with Crippen LogP contribution in [0.2, 0.25) is 0 Å². The summed E-state index contributed by atoms with van der Waals surface area (Å²) in [5.74, 6) is 0. The Morgan fingerprint density at radius 3 is 2.25 bits per heavy atom. The fourth-order valence-electron chi connectivity index (χ4n) is 2.36. The van der Waals surface area contributed by atoms with Crippen LogP contribution in [-0.2, 0) is 0 Å². The van der Waals surface area contributed by atoms with Crippen molar-refractivity contribution in [1.29, 1.82) is 0 Å². The summed E-state index contributed by atoms with van der Waals surface area (Å²) in [7, 11) is 1.45. The lowest BCUT2D eigenvalue weighted by atomic mass is 9.93. The van der Waals surface area contributed by atoms with Crippen molar-refractivity contribution in [3.8, 4) is 0 Å². The standard InChI is InChI=1S/C11H20F3NO/c1-15(8-11(12,13)14)9-6-4-2-3-5-7-10(9)16/h9-10,16H,2-8H2,1H3. The van der Waals surface area contributed by atoms with Crippen LogP contribution in [0.5, 0.6) is 0 Å². The molecule has 5 heteroatoms. The smallest absolute Gasteiger partial charge is 0.391 e. The molecule has 0 spiro atoms. The van der Waals surface area contributed by atoms with E-state index >= 15 is 0 Å². The molecule has 96 valence electrons. The summed E-state index contributed by atoms with van der Waals surface area (Å²) in [4.78, 5) is 1.25. The monoisotopic (exact) mass is 239 g/mol. The molecular weight excluding hydrogens is 219 g/mol. The van der Waals surface area contributed by atoms with E-state index in [4.69, 9.17) is 0 Å². The van der Waals surface area contributed by atoms with E-state index in [1.54, 1.807) is 0 Å². The SMILES string of the molecule is CN(CC(F)(F)F)C1CCCCCCC1O. The fourth-order valence-corrected chi connectivity index (χ4v) is 2.36. The molecule has 2 unspecified atom stereocenters. The molecule has 0 aromatic carbocycles. The second-order valence-electron chi connectivity index (χ2n) is 4.66. The molecule has 0 bridgehead atoms. The zero-order valence-electron chi connectivity index (χ0n) is 9.63. The largest absolute Gasteiger partial charge is 0.401 e. The topological polar surface area (TPSA) is 23.5 Å². The van der Waals surface area contributed by atoms with Gasteiger partial charge in [-0.15, -0.1) is 0 Å². The highest BCUT2D eigenvalue weighted by Crippen LogP contribution is 2.24. The Bertz CT molecular complexity index is 208. The molecule has 0 aromatic rings. The zero-order valence-corrected chi connectivity index (χ0v) is 9.63. The number of aliphatic hydroxyl groups is 1. The molecule has 1 saturated carbocycles. The number of aliphatic hydroxyl groups excluding tert-OH is 1. The first kappa shape index (κ1) is 13.8. The summed E-state index contributed by atoms with van der Waals surface area (Å²) < 4.78 is 36.7. The molecule has 0 aromatic heterocycles. The van der Waals surface area contributed by atoms with Crippen molar-refractivity contribution < 1.29 is 18.3 Å². The number of hydrogen-bond acceptors (Lipinski definition) is 2. The van der Waals surface area contributed by atoms with Gasteiger partial charge in [-0.25, -0.2) is 0 Å². The van der Waals surface area contributed by atoms with Crippen molar-refractivity contribution in [2.45, 2.75) is 56.8 Å². The van der Waals surface area contributed by atoms with Crippen LogP contribution in [0.1, 0.15) is 38.5 Å². The molecule has 0 amide bonds. The quantitative estimate of drug-likeness (QED) is 0.800. The Hall–Kier alpha value is -0.290. The van der Waals surface area contributed by atoms with Gasteiger partial charge in [-0.05, 0) is 19.9 Å². The lowest BCUT2D eigenvalue weighted by Gasteiger charge is -2.33. The maximum atomic E-state index is 12.2. The van der Waals surface area contributed by atoms with Crippen LogP contribution in [-0.4, -0.2) is 41.9 Å².